The number of carbonyl (C=O) groups is 1. The molecule has 0 aliphatic heterocycles. The van der Waals surface area contributed by atoms with E-state index in [1.807, 2.05) is 66.7 Å². The number of nitrogens with one attached hydrogen (secondary N) is 1. The lowest BCUT2D eigenvalue weighted by Crippen LogP contribution is -2.31. The molecule has 3 aromatic rings. The molecule has 3 rings (SSSR count). The fraction of sp³-hybridized carbons (Fsp3) is 0.0556. The Morgan fingerprint density at radius 1 is 0.857 bits per heavy atom. The molecule has 3 aromatic carbocycles. The highest BCUT2D eigenvalue weighted by Gasteiger charge is 2.11. The topological polar surface area (TPSA) is 32.3 Å². The molecule has 0 heterocycles. The van der Waals surface area contributed by atoms with E-state index in [2.05, 4.69) is 11.4 Å². The van der Waals surface area contributed by atoms with E-state index in [9.17, 15) is 4.79 Å². The Labute approximate surface area is 123 Å². The van der Waals surface area contributed by atoms with Crippen LogP contribution < -0.4 is 10.2 Å². The number of anilines is 2. The molecule has 1 N–H and O–H groups in total. The summed E-state index contributed by atoms with van der Waals surface area (Å²) in [5.41, 5.74) is 1.65. The van der Waals surface area contributed by atoms with Crippen molar-refractivity contribution in [3.63, 3.8) is 0 Å². The Hall–Kier alpha value is -2.81. The SMILES string of the molecule is CN(C(=O)Nc1ccccc1)c1ccc2ccccc2c1. The lowest BCUT2D eigenvalue weighted by molar-refractivity contribution is 0.258. The second kappa shape index (κ2) is 5.67. The van der Waals surface area contributed by atoms with Gasteiger partial charge in [-0.05, 0) is 35.0 Å². The number of benzene rings is 3. The minimum atomic E-state index is -0.156. The lowest BCUT2D eigenvalue weighted by atomic mass is 10.1. The van der Waals surface area contributed by atoms with Crippen molar-refractivity contribution in [1.82, 2.24) is 0 Å². The van der Waals surface area contributed by atoms with Crippen LogP contribution in [0.1, 0.15) is 0 Å². The van der Waals surface area contributed by atoms with Gasteiger partial charge in [0.05, 0.1) is 0 Å². The van der Waals surface area contributed by atoms with E-state index in [1.165, 1.54) is 0 Å². The molecular formula is C18H16N2O. The van der Waals surface area contributed by atoms with Gasteiger partial charge < -0.3 is 5.32 Å². The summed E-state index contributed by atoms with van der Waals surface area (Å²) in [4.78, 5) is 13.9. The first-order valence-electron chi connectivity index (χ1n) is 6.82. The zero-order valence-electron chi connectivity index (χ0n) is 11.8. The van der Waals surface area contributed by atoms with Crippen LogP contribution in [0.3, 0.4) is 0 Å². The van der Waals surface area contributed by atoms with Crippen molar-refractivity contribution < 1.29 is 4.79 Å². The van der Waals surface area contributed by atoms with Gasteiger partial charge in [0.15, 0.2) is 0 Å². The fourth-order valence-electron chi connectivity index (χ4n) is 2.23. The maximum atomic E-state index is 12.3. The van der Waals surface area contributed by atoms with Crippen LogP contribution in [0.4, 0.5) is 16.2 Å². The minimum absolute atomic E-state index is 0.156. The molecule has 0 saturated carbocycles. The number of rotatable bonds is 2. The Bertz CT molecular complexity index is 768. The van der Waals surface area contributed by atoms with E-state index in [0.29, 0.717) is 0 Å². The molecule has 0 atom stereocenters. The summed E-state index contributed by atoms with van der Waals surface area (Å²) in [5.74, 6) is 0. The van der Waals surface area contributed by atoms with Crippen LogP contribution in [0.15, 0.2) is 72.8 Å². The highest BCUT2D eigenvalue weighted by atomic mass is 16.2. The van der Waals surface area contributed by atoms with Crippen molar-refractivity contribution >= 4 is 28.2 Å². The summed E-state index contributed by atoms with van der Waals surface area (Å²) >= 11 is 0. The molecule has 0 spiro atoms. The number of carbonyl (C=O) groups excluding carboxylic acids is 1. The molecule has 0 aliphatic carbocycles. The minimum Gasteiger partial charge on any atom is -0.308 e. The number of para-hydroxylation sites is 1. The number of hydrogen-bond acceptors (Lipinski definition) is 1. The third-order valence-corrected chi connectivity index (χ3v) is 3.45. The molecule has 0 aromatic heterocycles. The Balaban J connectivity index is 1.82. The van der Waals surface area contributed by atoms with E-state index in [1.54, 1.807) is 11.9 Å². The first-order chi connectivity index (χ1) is 10.2. The van der Waals surface area contributed by atoms with Crippen LogP contribution in [0, 0.1) is 0 Å². The summed E-state index contributed by atoms with van der Waals surface area (Å²) in [6, 6.07) is 23.4. The maximum absolute atomic E-state index is 12.3. The van der Waals surface area contributed by atoms with Crippen molar-refractivity contribution in [2.45, 2.75) is 0 Å². The van der Waals surface area contributed by atoms with Crippen molar-refractivity contribution in [3.8, 4) is 0 Å². The number of amides is 2. The van der Waals surface area contributed by atoms with Crippen LogP contribution in [-0.4, -0.2) is 13.1 Å². The molecule has 2 amide bonds. The predicted octanol–water partition coefficient (Wildman–Crippen LogP) is 4.51. The average Bonchev–Trinajstić information content (AvgIpc) is 2.54. The normalized spacial score (nSPS) is 10.3. The molecule has 0 aliphatic rings. The summed E-state index contributed by atoms with van der Waals surface area (Å²) in [6.07, 6.45) is 0. The monoisotopic (exact) mass is 276 g/mol. The zero-order valence-corrected chi connectivity index (χ0v) is 11.8. The van der Waals surface area contributed by atoms with Crippen molar-refractivity contribution in [1.29, 1.82) is 0 Å². The van der Waals surface area contributed by atoms with E-state index in [-0.39, 0.29) is 6.03 Å². The first kappa shape index (κ1) is 13.2. The third-order valence-electron chi connectivity index (χ3n) is 3.45. The molecule has 0 unspecified atom stereocenters. The van der Waals surface area contributed by atoms with E-state index in [4.69, 9.17) is 0 Å². The van der Waals surface area contributed by atoms with Crippen LogP contribution in [0.5, 0.6) is 0 Å². The van der Waals surface area contributed by atoms with E-state index < -0.39 is 0 Å². The highest BCUT2D eigenvalue weighted by molar-refractivity contribution is 6.02. The summed E-state index contributed by atoms with van der Waals surface area (Å²) in [5, 5.41) is 5.16. The van der Waals surface area contributed by atoms with Gasteiger partial charge in [-0.1, -0.05) is 48.5 Å². The van der Waals surface area contributed by atoms with Gasteiger partial charge in [0.2, 0.25) is 0 Å². The van der Waals surface area contributed by atoms with Gasteiger partial charge in [0.25, 0.3) is 0 Å². The number of nitrogens with zero attached hydrogens (tertiary/aromatic N) is 1. The van der Waals surface area contributed by atoms with Gasteiger partial charge >= 0.3 is 6.03 Å². The molecule has 0 bridgehead atoms. The van der Waals surface area contributed by atoms with Gasteiger partial charge in [-0.15, -0.1) is 0 Å². The second-order valence-corrected chi connectivity index (χ2v) is 4.89. The third kappa shape index (κ3) is 2.87. The summed E-state index contributed by atoms with van der Waals surface area (Å²) in [6.45, 7) is 0. The van der Waals surface area contributed by atoms with Gasteiger partial charge in [-0.2, -0.15) is 0 Å². The fourth-order valence-corrected chi connectivity index (χ4v) is 2.23. The van der Waals surface area contributed by atoms with E-state index >= 15 is 0 Å². The number of hydrogen-bond donors (Lipinski definition) is 1. The molecule has 0 radical (unpaired) electrons. The van der Waals surface area contributed by atoms with Crippen molar-refractivity contribution in [2.24, 2.45) is 0 Å². The molecule has 104 valence electrons. The molecule has 21 heavy (non-hydrogen) atoms. The standard InChI is InChI=1S/C18H16N2O/c1-20(18(21)19-16-9-3-2-4-10-16)17-12-11-14-7-5-6-8-15(14)13-17/h2-13H,1H3,(H,19,21). The highest BCUT2D eigenvalue weighted by Crippen LogP contribution is 2.21. The van der Waals surface area contributed by atoms with Crippen LogP contribution >= 0.6 is 0 Å². The molecule has 0 saturated heterocycles. The largest absolute Gasteiger partial charge is 0.326 e. The molecular weight excluding hydrogens is 260 g/mol. The van der Waals surface area contributed by atoms with Gasteiger partial charge in [-0.25, -0.2) is 4.79 Å². The first-order valence-corrected chi connectivity index (χ1v) is 6.82. The van der Waals surface area contributed by atoms with Crippen LogP contribution in [-0.2, 0) is 0 Å². The van der Waals surface area contributed by atoms with Crippen LogP contribution in [0.25, 0.3) is 10.8 Å². The quantitative estimate of drug-likeness (QED) is 0.734. The Kier molecular flexibility index (Phi) is 3.56. The zero-order chi connectivity index (χ0) is 14.7. The smallest absolute Gasteiger partial charge is 0.308 e. The molecule has 3 heteroatoms. The number of urea groups is 1. The Morgan fingerprint density at radius 2 is 1.52 bits per heavy atom. The summed E-state index contributed by atoms with van der Waals surface area (Å²) in [7, 11) is 1.77. The lowest BCUT2D eigenvalue weighted by Gasteiger charge is -2.18. The van der Waals surface area contributed by atoms with Crippen molar-refractivity contribution in [2.75, 3.05) is 17.3 Å². The maximum Gasteiger partial charge on any atom is 0.326 e. The molecule has 3 nitrogen and oxygen atoms in total. The van der Waals surface area contributed by atoms with Gasteiger partial charge in [-0.3, -0.25) is 4.90 Å². The van der Waals surface area contributed by atoms with Crippen molar-refractivity contribution in [3.05, 3.63) is 72.8 Å². The average molecular weight is 276 g/mol. The van der Waals surface area contributed by atoms with E-state index in [0.717, 1.165) is 22.1 Å². The Morgan fingerprint density at radius 3 is 2.29 bits per heavy atom. The second-order valence-electron chi connectivity index (χ2n) is 4.89. The summed E-state index contributed by atoms with van der Waals surface area (Å²) < 4.78 is 0. The number of fused-ring (bicyclic) bond motifs is 1. The van der Waals surface area contributed by atoms with Gasteiger partial charge in [0, 0.05) is 18.4 Å². The van der Waals surface area contributed by atoms with Crippen LogP contribution in [0.2, 0.25) is 0 Å². The molecule has 0 fully saturated rings. The van der Waals surface area contributed by atoms with Gasteiger partial charge in [0.1, 0.15) is 0 Å². The predicted molar refractivity (Wildman–Crippen MR) is 87.8 cm³/mol.